The van der Waals surface area contributed by atoms with Gasteiger partial charge in [0.25, 0.3) is 5.56 Å². The standard InChI is InChI=1S/C16H11Cl2N5O3/c1-22-3-2-10-14(15(22)25)23(7-19-10)6-13(24)21-16-20-11-4-8(17)9(18)5-12(11)26-16/h2-5,7H,6H2,1H3,(H,20,21,24). The summed E-state index contributed by atoms with van der Waals surface area (Å²) in [5.74, 6) is -0.418. The van der Waals surface area contributed by atoms with Gasteiger partial charge < -0.3 is 13.6 Å². The Morgan fingerprint density at radius 3 is 2.85 bits per heavy atom. The molecule has 132 valence electrons. The zero-order valence-corrected chi connectivity index (χ0v) is 14.9. The van der Waals surface area contributed by atoms with E-state index in [4.69, 9.17) is 27.6 Å². The van der Waals surface area contributed by atoms with Crippen molar-refractivity contribution in [3.05, 3.63) is 51.1 Å². The molecule has 4 aromatic rings. The number of carbonyl (C=O) groups excluding carboxylic acids is 1. The number of nitrogens with one attached hydrogen (secondary N) is 1. The number of aryl methyl sites for hydroxylation is 1. The molecule has 1 amide bonds. The van der Waals surface area contributed by atoms with Crippen LogP contribution in [0.5, 0.6) is 0 Å². The van der Waals surface area contributed by atoms with Gasteiger partial charge in [-0.15, -0.1) is 0 Å². The second kappa shape index (κ2) is 6.15. The average Bonchev–Trinajstić information content (AvgIpc) is 3.15. The number of oxazole rings is 1. The van der Waals surface area contributed by atoms with Crippen molar-refractivity contribution in [3.8, 4) is 0 Å². The van der Waals surface area contributed by atoms with E-state index in [2.05, 4.69) is 15.3 Å². The molecular weight excluding hydrogens is 381 g/mol. The number of hydrogen-bond acceptors (Lipinski definition) is 5. The van der Waals surface area contributed by atoms with Crippen molar-refractivity contribution in [2.45, 2.75) is 6.54 Å². The lowest BCUT2D eigenvalue weighted by Crippen LogP contribution is -2.23. The third-order valence-electron chi connectivity index (χ3n) is 3.84. The Morgan fingerprint density at radius 2 is 2.04 bits per heavy atom. The number of anilines is 1. The first-order chi connectivity index (χ1) is 12.4. The van der Waals surface area contributed by atoms with Gasteiger partial charge in [0, 0.05) is 19.3 Å². The molecule has 0 aliphatic carbocycles. The molecule has 3 heterocycles. The predicted molar refractivity (Wildman–Crippen MR) is 97.6 cm³/mol. The first kappa shape index (κ1) is 16.6. The SMILES string of the molecule is Cn1ccc2ncn(CC(=O)Nc3nc4cc(Cl)c(Cl)cc4o3)c2c1=O. The molecule has 0 saturated heterocycles. The summed E-state index contributed by atoms with van der Waals surface area (Å²) in [7, 11) is 1.63. The number of rotatable bonds is 3. The van der Waals surface area contributed by atoms with E-state index < -0.39 is 5.91 Å². The van der Waals surface area contributed by atoms with E-state index in [0.29, 0.717) is 32.2 Å². The van der Waals surface area contributed by atoms with Crippen LogP contribution in [0.1, 0.15) is 0 Å². The fraction of sp³-hybridized carbons (Fsp3) is 0.125. The number of hydrogen-bond donors (Lipinski definition) is 1. The molecule has 1 N–H and O–H groups in total. The van der Waals surface area contributed by atoms with Crippen molar-refractivity contribution in [1.82, 2.24) is 19.1 Å². The van der Waals surface area contributed by atoms with Crippen LogP contribution >= 0.6 is 23.2 Å². The van der Waals surface area contributed by atoms with Crippen molar-refractivity contribution in [3.63, 3.8) is 0 Å². The van der Waals surface area contributed by atoms with Gasteiger partial charge in [0.2, 0.25) is 5.91 Å². The minimum atomic E-state index is -0.418. The van der Waals surface area contributed by atoms with Crippen LogP contribution in [0.3, 0.4) is 0 Å². The van der Waals surface area contributed by atoms with Crippen LogP contribution in [0.4, 0.5) is 6.01 Å². The Kier molecular flexibility index (Phi) is 3.93. The number of amides is 1. The summed E-state index contributed by atoms with van der Waals surface area (Å²) < 4.78 is 8.35. The first-order valence-electron chi connectivity index (χ1n) is 7.48. The molecule has 1 aromatic carbocycles. The summed E-state index contributed by atoms with van der Waals surface area (Å²) in [6.07, 6.45) is 3.06. The highest BCUT2D eigenvalue weighted by atomic mass is 35.5. The van der Waals surface area contributed by atoms with Crippen LogP contribution in [0.2, 0.25) is 10.0 Å². The topological polar surface area (TPSA) is 95.0 Å². The molecule has 8 nitrogen and oxygen atoms in total. The van der Waals surface area contributed by atoms with Gasteiger partial charge in [-0.25, -0.2) is 4.98 Å². The molecule has 0 bridgehead atoms. The lowest BCUT2D eigenvalue weighted by molar-refractivity contribution is -0.116. The van der Waals surface area contributed by atoms with Crippen LogP contribution in [-0.2, 0) is 18.4 Å². The Balaban J connectivity index is 1.60. The van der Waals surface area contributed by atoms with E-state index >= 15 is 0 Å². The minimum absolute atomic E-state index is 0.0145. The molecule has 0 aliphatic rings. The van der Waals surface area contributed by atoms with E-state index in [1.165, 1.54) is 21.5 Å². The van der Waals surface area contributed by atoms with Gasteiger partial charge in [0.1, 0.15) is 17.6 Å². The predicted octanol–water partition coefficient (Wildman–Crippen LogP) is 2.82. The molecule has 4 rings (SSSR count). The lowest BCUT2D eigenvalue weighted by atomic mass is 10.3. The number of aromatic nitrogens is 4. The highest BCUT2D eigenvalue weighted by Crippen LogP contribution is 2.29. The third-order valence-corrected chi connectivity index (χ3v) is 4.56. The highest BCUT2D eigenvalue weighted by Gasteiger charge is 2.14. The molecule has 0 unspecified atom stereocenters. The number of benzene rings is 1. The summed E-state index contributed by atoms with van der Waals surface area (Å²) in [5.41, 5.74) is 1.50. The number of halogens is 2. The number of nitrogens with zero attached hydrogens (tertiary/aromatic N) is 4. The van der Waals surface area contributed by atoms with Crippen LogP contribution < -0.4 is 10.9 Å². The zero-order valence-electron chi connectivity index (χ0n) is 13.4. The number of pyridine rings is 1. The van der Waals surface area contributed by atoms with Gasteiger partial charge in [-0.1, -0.05) is 23.2 Å². The summed E-state index contributed by atoms with van der Waals surface area (Å²) in [6.45, 7) is -0.115. The van der Waals surface area contributed by atoms with E-state index in [1.807, 2.05) is 0 Å². The van der Waals surface area contributed by atoms with Crippen molar-refractivity contribution in [1.29, 1.82) is 0 Å². The monoisotopic (exact) mass is 391 g/mol. The van der Waals surface area contributed by atoms with Gasteiger partial charge >= 0.3 is 6.01 Å². The molecule has 0 saturated carbocycles. The molecule has 26 heavy (non-hydrogen) atoms. The van der Waals surface area contributed by atoms with Gasteiger partial charge in [0.05, 0.1) is 21.9 Å². The van der Waals surface area contributed by atoms with Gasteiger partial charge in [-0.3, -0.25) is 14.9 Å². The molecule has 0 radical (unpaired) electrons. The summed E-state index contributed by atoms with van der Waals surface area (Å²) in [4.78, 5) is 32.8. The highest BCUT2D eigenvalue weighted by molar-refractivity contribution is 6.42. The van der Waals surface area contributed by atoms with E-state index in [9.17, 15) is 9.59 Å². The molecular formula is C16H11Cl2N5O3. The van der Waals surface area contributed by atoms with E-state index in [-0.39, 0.29) is 18.1 Å². The molecule has 3 aromatic heterocycles. The number of carbonyl (C=O) groups is 1. The Morgan fingerprint density at radius 1 is 1.27 bits per heavy atom. The van der Waals surface area contributed by atoms with Crippen molar-refractivity contribution in [2.75, 3.05) is 5.32 Å². The normalized spacial score (nSPS) is 11.3. The first-order valence-corrected chi connectivity index (χ1v) is 8.24. The van der Waals surface area contributed by atoms with Gasteiger partial charge in [0.15, 0.2) is 5.58 Å². The largest absolute Gasteiger partial charge is 0.423 e. The van der Waals surface area contributed by atoms with E-state index in [1.54, 1.807) is 25.4 Å². The number of fused-ring (bicyclic) bond motifs is 2. The van der Waals surface area contributed by atoms with E-state index in [0.717, 1.165) is 0 Å². The second-order valence-corrected chi connectivity index (χ2v) is 6.45. The third kappa shape index (κ3) is 2.83. The van der Waals surface area contributed by atoms with Crippen LogP contribution in [-0.4, -0.2) is 25.0 Å². The molecule has 0 spiro atoms. The zero-order chi connectivity index (χ0) is 18.4. The summed E-state index contributed by atoms with van der Waals surface area (Å²) >= 11 is 11.9. The molecule has 0 aliphatic heterocycles. The molecule has 10 heteroatoms. The average molecular weight is 392 g/mol. The molecule has 0 fully saturated rings. The maximum atomic E-state index is 12.3. The lowest BCUT2D eigenvalue weighted by Gasteiger charge is -2.04. The maximum absolute atomic E-state index is 12.3. The Hall–Kier alpha value is -2.84. The summed E-state index contributed by atoms with van der Waals surface area (Å²) in [6, 6.07) is 4.79. The summed E-state index contributed by atoms with van der Waals surface area (Å²) in [5, 5.41) is 3.21. The Bertz CT molecular complexity index is 1190. The second-order valence-electron chi connectivity index (χ2n) is 5.64. The van der Waals surface area contributed by atoms with Crippen molar-refractivity contribution >= 4 is 57.3 Å². The van der Waals surface area contributed by atoms with Gasteiger partial charge in [-0.2, -0.15) is 4.98 Å². The fourth-order valence-electron chi connectivity index (χ4n) is 2.58. The van der Waals surface area contributed by atoms with Crippen LogP contribution in [0, 0.1) is 0 Å². The van der Waals surface area contributed by atoms with Crippen molar-refractivity contribution < 1.29 is 9.21 Å². The van der Waals surface area contributed by atoms with Crippen LogP contribution in [0.15, 0.2) is 39.9 Å². The maximum Gasteiger partial charge on any atom is 0.302 e. The molecule has 0 atom stereocenters. The van der Waals surface area contributed by atoms with Crippen LogP contribution in [0.25, 0.3) is 22.1 Å². The Labute approximate surface area is 156 Å². The van der Waals surface area contributed by atoms with Gasteiger partial charge in [-0.05, 0) is 12.1 Å². The minimum Gasteiger partial charge on any atom is -0.423 e. The number of imidazole rings is 1. The smallest absolute Gasteiger partial charge is 0.302 e. The quantitative estimate of drug-likeness (QED) is 0.579. The van der Waals surface area contributed by atoms with Crippen molar-refractivity contribution in [2.24, 2.45) is 7.05 Å². The fourth-order valence-corrected chi connectivity index (χ4v) is 2.89.